The van der Waals surface area contributed by atoms with E-state index in [1.165, 1.54) is 0 Å². The van der Waals surface area contributed by atoms with Gasteiger partial charge in [0.1, 0.15) is 22.6 Å². The minimum absolute atomic E-state index is 0.287. The molecule has 0 saturated heterocycles. The van der Waals surface area contributed by atoms with Gasteiger partial charge in [0.25, 0.3) is 0 Å². The van der Waals surface area contributed by atoms with Gasteiger partial charge < -0.3 is 14.3 Å². The highest BCUT2D eigenvalue weighted by atomic mass is 16.5. The van der Waals surface area contributed by atoms with E-state index in [0.717, 1.165) is 38.9 Å². The van der Waals surface area contributed by atoms with Crippen molar-refractivity contribution in [2.45, 2.75) is 48.5 Å². The fraction of sp³-hybridized carbons (Fsp3) is 0.233. The number of carbonyl (C=O) groups excluding carboxylic acids is 1. The van der Waals surface area contributed by atoms with Crippen LogP contribution in [0, 0.1) is 48.5 Å². The van der Waals surface area contributed by atoms with Crippen LogP contribution in [0.2, 0.25) is 0 Å². The topological polar surface area (TPSA) is 89.6 Å². The Kier molecular flexibility index (Phi) is 6.55. The highest BCUT2D eigenvalue weighted by Gasteiger charge is 2.29. The van der Waals surface area contributed by atoms with Crippen LogP contribution in [-0.4, -0.2) is 16.1 Å². The third-order valence-corrected chi connectivity index (χ3v) is 6.13. The molecule has 6 nitrogen and oxygen atoms in total. The second kappa shape index (κ2) is 9.46. The number of aromatic nitrogens is 1. The lowest BCUT2D eigenvalue weighted by Gasteiger charge is -2.16. The van der Waals surface area contributed by atoms with E-state index in [2.05, 4.69) is 4.98 Å². The first-order chi connectivity index (χ1) is 17.0. The molecule has 1 N–H and O–H groups in total. The van der Waals surface area contributed by atoms with Crippen LogP contribution in [0.4, 0.5) is 0 Å². The summed E-state index contributed by atoms with van der Waals surface area (Å²) in [5, 5.41) is 11.5. The summed E-state index contributed by atoms with van der Waals surface area (Å²) in [5.74, 6) is -0.910. The summed E-state index contributed by atoms with van der Waals surface area (Å²) < 4.78 is 11.3. The molecule has 0 aliphatic carbocycles. The van der Waals surface area contributed by atoms with Crippen molar-refractivity contribution < 1.29 is 19.1 Å². The van der Waals surface area contributed by atoms with Gasteiger partial charge in [-0.1, -0.05) is 41.5 Å². The third-order valence-electron chi connectivity index (χ3n) is 6.13. The predicted octanol–water partition coefficient (Wildman–Crippen LogP) is 6.38. The van der Waals surface area contributed by atoms with Crippen LogP contribution in [0.1, 0.15) is 50.2 Å². The van der Waals surface area contributed by atoms with E-state index in [1.807, 2.05) is 72.7 Å². The smallest absolute Gasteiger partial charge is 0.363 e. The van der Waals surface area contributed by atoms with E-state index in [4.69, 9.17) is 9.15 Å². The molecule has 184 valence electrons. The van der Waals surface area contributed by atoms with Crippen molar-refractivity contribution in [3.05, 3.63) is 103 Å². The van der Waals surface area contributed by atoms with E-state index in [0.29, 0.717) is 16.8 Å². The van der Waals surface area contributed by atoms with Gasteiger partial charge in [-0.25, -0.2) is 14.6 Å². The monoisotopic (exact) mass is 483 g/mol. The normalized spacial score (nSPS) is 12.0. The maximum absolute atomic E-state index is 13.7. The Morgan fingerprint density at radius 1 is 0.806 bits per heavy atom. The van der Waals surface area contributed by atoms with Crippen LogP contribution < -0.4 is 10.4 Å². The maximum Gasteiger partial charge on any atom is 0.363 e. The number of aryl methyl sites for hydroxylation is 7. The van der Waals surface area contributed by atoms with E-state index in [-0.39, 0.29) is 22.6 Å². The third kappa shape index (κ3) is 4.67. The number of fused-ring (bicyclic) bond motifs is 1. The number of ether oxygens (including phenoxy) is 1. The van der Waals surface area contributed by atoms with Crippen LogP contribution in [0.15, 0.2) is 51.7 Å². The van der Waals surface area contributed by atoms with Crippen LogP contribution in [0.3, 0.4) is 0 Å². The Morgan fingerprint density at radius 2 is 1.36 bits per heavy atom. The summed E-state index contributed by atoms with van der Waals surface area (Å²) in [6.45, 7) is 13.1. The van der Waals surface area contributed by atoms with Gasteiger partial charge in [0.2, 0.25) is 0 Å². The summed E-state index contributed by atoms with van der Waals surface area (Å²) in [6, 6.07) is 12.8. The van der Waals surface area contributed by atoms with Crippen molar-refractivity contribution in [2.24, 2.45) is 0 Å². The SMILES string of the molecule is Cc1cc(C)c(OC(=O)/C(=C(/O)c2c(C)cc(C)cc2C)c2nc3cc(C)ccc3oc2=O)c(C)c1. The summed E-state index contributed by atoms with van der Waals surface area (Å²) in [5.41, 5.74) is 5.59. The number of rotatable bonds is 4. The van der Waals surface area contributed by atoms with Gasteiger partial charge in [-0.05, 0) is 88.4 Å². The number of hydrogen-bond donors (Lipinski definition) is 1. The molecule has 0 aliphatic rings. The second-order valence-corrected chi connectivity index (χ2v) is 9.44. The second-order valence-electron chi connectivity index (χ2n) is 9.44. The quantitative estimate of drug-likeness (QED) is 0.157. The molecule has 4 rings (SSSR count). The minimum Gasteiger partial charge on any atom is -0.506 e. The largest absolute Gasteiger partial charge is 0.506 e. The van der Waals surface area contributed by atoms with Crippen LogP contribution in [0.25, 0.3) is 22.4 Å². The molecule has 0 unspecified atom stereocenters. The van der Waals surface area contributed by atoms with Crippen molar-refractivity contribution in [1.29, 1.82) is 0 Å². The zero-order valence-corrected chi connectivity index (χ0v) is 21.6. The van der Waals surface area contributed by atoms with Gasteiger partial charge in [-0.2, -0.15) is 0 Å². The summed E-state index contributed by atoms with van der Waals surface area (Å²) in [7, 11) is 0. The fourth-order valence-corrected chi connectivity index (χ4v) is 4.73. The highest BCUT2D eigenvalue weighted by molar-refractivity contribution is 6.23. The van der Waals surface area contributed by atoms with E-state index < -0.39 is 11.6 Å². The number of hydrogen-bond acceptors (Lipinski definition) is 6. The molecule has 0 amide bonds. The Bertz CT molecular complexity index is 1580. The van der Waals surface area contributed by atoms with Crippen LogP contribution >= 0.6 is 0 Å². The van der Waals surface area contributed by atoms with Crippen molar-refractivity contribution in [3.63, 3.8) is 0 Å². The van der Waals surface area contributed by atoms with Crippen LogP contribution in [0.5, 0.6) is 5.75 Å². The number of esters is 1. The maximum atomic E-state index is 13.7. The molecule has 0 bridgehead atoms. The molecule has 0 spiro atoms. The lowest BCUT2D eigenvalue weighted by Crippen LogP contribution is -2.21. The molecule has 0 saturated carbocycles. The Labute approximate surface area is 209 Å². The standard InChI is InChI=1S/C30H29NO5/c1-15-8-9-23-22(14-15)31-26(30(34)35-23)25(27(32)24-18(4)10-16(2)11-19(24)5)29(33)36-28-20(6)12-17(3)13-21(28)7/h8-14,32H,1-7H3/b27-25+. The van der Waals surface area contributed by atoms with Crippen molar-refractivity contribution in [3.8, 4) is 5.75 Å². The molecule has 3 aromatic carbocycles. The molecular formula is C30H29NO5. The number of nitrogens with zero attached hydrogens (tertiary/aromatic N) is 1. The van der Waals surface area contributed by atoms with Gasteiger partial charge in [0, 0.05) is 5.56 Å². The number of aliphatic hydroxyl groups excluding tert-OH is 1. The van der Waals surface area contributed by atoms with Gasteiger partial charge in [-0.15, -0.1) is 0 Å². The van der Waals surface area contributed by atoms with Gasteiger partial charge in [0.15, 0.2) is 11.3 Å². The Morgan fingerprint density at radius 3 is 1.94 bits per heavy atom. The first-order valence-corrected chi connectivity index (χ1v) is 11.7. The molecule has 0 radical (unpaired) electrons. The van der Waals surface area contributed by atoms with Crippen molar-refractivity contribution >= 4 is 28.4 Å². The zero-order valence-electron chi connectivity index (χ0n) is 21.6. The first kappa shape index (κ1) is 24.9. The number of aliphatic hydroxyl groups is 1. The molecule has 0 aliphatic heterocycles. The number of carbonyl (C=O) groups is 1. The average Bonchev–Trinajstić information content (AvgIpc) is 2.76. The van der Waals surface area contributed by atoms with Crippen molar-refractivity contribution in [2.75, 3.05) is 0 Å². The zero-order chi connectivity index (χ0) is 26.3. The Hall–Kier alpha value is -4.19. The van der Waals surface area contributed by atoms with Gasteiger partial charge in [-0.3, -0.25) is 0 Å². The van der Waals surface area contributed by atoms with E-state index in [1.54, 1.807) is 18.2 Å². The number of benzene rings is 3. The van der Waals surface area contributed by atoms with E-state index in [9.17, 15) is 14.7 Å². The molecule has 0 fully saturated rings. The van der Waals surface area contributed by atoms with Crippen molar-refractivity contribution in [1.82, 2.24) is 4.98 Å². The minimum atomic E-state index is -0.895. The first-order valence-electron chi connectivity index (χ1n) is 11.7. The molecular weight excluding hydrogens is 454 g/mol. The average molecular weight is 484 g/mol. The summed E-state index contributed by atoms with van der Waals surface area (Å²) >= 11 is 0. The lowest BCUT2D eigenvalue weighted by atomic mass is 9.95. The molecule has 4 aromatic rings. The van der Waals surface area contributed by atoms with Crippen LogP contribution in [-0.2, 0) is 4.79 Å². The molecule has 6 heteroatoms. The molecule has 1 aromatic heterocycles. The Balaban J connectivity index is 2.00. The van der Waals surface area contributed by atoms with E-state index >= 15 is 0 Å². The lowest BCUT2D eigenvalue weighted by molar-refractivity contribution is -0.128. The summed E-state index contributed by atoms with van der Waals surface area (Å²) in [6.07, 6.45) is 0. The van der Waals surface area contributed by atoms with Gasteiger partial charge >= 0.3 is 11.6 Å². The molecule has 36 heavy (non-hydrogen) atoms. The molecule has 0 atom stereocenters. The highest BCUT2D eigenvalue weighted by Crippen LogP contribution is 2.32. The predicted molar refractivity (Wildman–Crippen MR) is 141 cm³/mol. The summed E-state index contributed by atoms with van der Waals surface area (Å²) in [4.78, 5) is 31.2. The molecule has 1 heterocycles. The van der Waals surface area contributed by atoms with Gasteiger partial charge in [0.05, 0.1) is 0 Å². The fourth-order valence-electron chi connectivity index (χ4n) is 4.73.